The highest BCUT2D eigenvalue weighted by Crippen LogP contribution is 2.23. The Morgan fingerprint density at radius 3 is 2.22 bits per heavy atom. The number of benzene rings is 4. The molecule has 0 aliphatic rings. The highest BCUT2D eigenvalue weighted by molar-refractivity contribution is 6.31. The molecule has 0 aliphatic carbocycles. The van der Waals surface area contributed by atoms with Gasteiger partial charge in [0.1, 0.15) is 6.04 Å². The summed E-state index contributed by atoms with van der Waals surface area (Å²) in [5, 5.41) is 5.91. The topological polar surface area (TPSA) is 49.4 Å². The van der Waals surface area contributed by atoms with Crippen LogP contribution in [0.3, 0.4) is 0 Å². The predicted molar refractivity (Wildman–Crippen MR) is 151 cm³/mol. The minimum atomic E-state index is -0.666. The van der Waals surface area contributed by atoms with E-state index in [1.54, 1.807) is 4.90 Å². The van der Waals surface area contributed by atoms with Gasteiger partial charge in [-0.25, -0.2) is 0 Å². The van der Waals surface area contributed by atoms with Gasteiger partial charge in [0.2, 0.25) is 11.8 Å². The number of fused-ring (bicyclic) bond motifs is 1. The van der Waals surface area contributed by atoms with Crippen LogP contribution >= 0.6 is 11.6 Å². The molecule has 0 bridgehead atoms. The lowest BCUT2D eigenvalue weighted by molar-refractivity contribution is -0.141. The third-order valence-corrected chi connectivity index (χ3v) is 6.86. The summed E-state index contributed by atoms with van der Waals surface area (Å²) in [5.41, 5.74) is 2.94. The van der Waals surface area contributed by atoms with Crippen LogP contribution in [-0.4, -0.2) is 28.8 Å². The molecule has 4 nitrogen and oxygen atoms in total. The monoisotopic (exact) mass is 512 g/mol. The average molecular weight is 513 g/mol. The molecule has 4 aromatic carbocycles. The Labute approximate surface area is 224 Å². The number of carbonyl (C=O) groups excluding carboxylic acids is 2. The quantitative estimate of drug-likeness (QED) is 0.260. The van der Waals surface area contributed by atoms with Crippen LogP contribution in [0.4, 0.5) is 0 Å². The van der Waals surface area contributed by atoms with Crippen LogP contribution < -0.4 is 5.32 Å². The van der Waals surface area contributed by atoms with E-state index in [9.17, 15) is 9.59 Å². The Hall–Kier alpha value is -3.63. The molecule has 0 aliphatic heterocycles. The first-order chi connectivity index (χ1) is 17.9. The second-order valence-electron chi connectivity index (χ2n) is 9.62. The highest BCUT2D eigenvalue weighted by atomic mass is 35.5. The van der Waals surface area contributed by atoms with Gasteiger partial charge in [0.15, 0.2) is 0 Å². The first-order valence-electron chi connectivity index (χ1n) is 12.8. The van der Waals surface area contributed by atoms with Gasteiger partial charge in [-0.15, -0.1) is 0 Å². The fraction of sp³-hybridized carbons (Fsp3) is 0.250. The van der Waals surface area contributed by atoms with Gasteiger partial charge in [-0.2, -0.15) is 0 Å². The zero-order valence-electron chi connectivity index (χ0n) is 21.4. The Kier molecular flexibility index (Phi) is 8.97. The molecule has 2 amide bonds. The van der Waals surface area contributed by atoms with Crippen molar-refractivity contribution in [3.05, 3.63) is 119 Å². The summed E-state index contributed by atoms with van der Waals surface area (Å²) < 4.78 is 0. The van der Waals surface area contributed by atoms with E-state index in [0.29, 0.717) is 24.3 Å². The lowest BCUT2D eigenvalue weighted by Gasteiger charge is -2.32. The molecule has 0 fully saturated rings. The van der Waals surface area contributed by atoms with Crippen molar-refractivity contribution in [2.24, 2.45) is 0 Å². The molecular weight excluding hydrogens is 480 g/mol. The second-order valence-corrected chi connectivity index (χ2v) is 10.0. The van der Waals surface area contributed by atoms with Crippen molar-refractivity contribution in [2.75, 3.05) is 0 Å². The number of hydrogen-bond donors (Lipinski definition) is 1. The standard InChI is InChI=1S/C32H33ClN2O2/c1-23(2)34-32(37)30(21-24-11-4-3-5-12-24)35(22-27-14-7-9-18-29(27)33)31(36)20-19-26-16-10-15-25-13-6-8-17-28(25)26/h3-18,23,30H,19-22H2,1-2H3,(H,34,37)/t30-/m1/s1. The Morgan fingerprint density at radius 2 is 1.46 bits per heavy atom. The molecule has 4 rings (SSSR count). The van der Waals surface area contributed by atoms with Crippen LogP contribution in [0, 0.1) is 0 Å². The van der Waals surface area contributed by atoms with Crippen molar-refractivity contribution >= 4 is 34.2 Å². The summed E-state index contributed by atoms with van der Waals surface area (Å²) >= 11 is 6.50. The summed E-state index contributed by atoms with van der Waals surface area (Å²) in [4.78, 5) is 29.1. The van der Waals surface area contributed by atoms with Crippen molar-refractivity contribution in [3.63, 3.8) is 0 Å². The Morgan fingerprint density at radius 1 is 0.811 bits per heavy atom. The maximum atomic E-state index is 13.9. The summed E-state index contributed by atoms with van der Waals surface area (Å²) in [6.07, 6.45) is 1.30. The van der Waals surface area contributed by atoms with Gasteiger partial charge in [-0.1, -0.05) is 103 Å². The van der Waals surface area contributed by atoms with Gasteiger partial charge in [0, 0.05) is 30.5 Å². The molecule has 4 aromatic rings. The van der Waals surface area contributed by atoms with Gasteiger partial charge in [0.25, 0.3) is 0 Å². The third-order valence-electron chi connectivity index (χ3n) is 6.49. The van der Waals surface area contributed by atoms with Crippen LogP contribution in [0.25, 0.3) is 10.8 Å². The first kappa shape index (κ1) is 26.4. The van der Waals surface area contributed by atoms with Gasteiger partial charge < -0.3 is 10.2 Å². The number of amides is 2. The molecule has 0 heterocycles. The van der Waals surface area contributed by atoms with Gasteiger partial charge in [-0.05, 0) is 53.8 Å². The van der Waals surface area contributed by atoms with Crippen molar-refractivity contribution in [3.8, 4) is 0 Å². The lowest BCUT2D eigenvalue weighted by Crippen LogP contribution is -2.51. The molecular formula is C32H33ClN2O2. The van der Waals surface area contributed by atoms with E-state index in [1.165, 1.54) is 0 Å². The summed E-state index contributed by atoms with van der Waals surface area (Å²) in [6, 6.07) is 31.0. The molecule has 0 saturated heterocycles. The second kappa shape index (κ2) is 12.6. The van der Waals surface area contributed by atoms with E-state index in [2.05, 4.69) is 29.6 Å². The SMILES string of the molecule is CC(C)NC(=O)[C@@H](Cc1ccccc1)N(Cc1ccccc1Cl)C(=O)CCc1cccc2ccccc12. The number of carbonyl (C=O) groups is 2. The van der Waals surface area contributed by atoms with Crippen molar-refractivity contribution < 1.29 is 9.59 Å². The molecule has 190 valence electrons. The average Bonchev–Trinajstić information content (AvgIpc) is 2.90. The van der Waals surface area contributed by atoms with E-state index >= 15 is 0 Å². The van der Waals surface area contributed by atoms with Crippen LogP contribution in [0.5, 0.6) is 0 Å². The fourth-order valence-corrected chi connectivity index (χ4v) is 4.84. The van der Waals surface area contributed by atoms with E-state index in [-0.39, 0.29) is 24.4 Å². The maximum absolute atomic E-state index is 13.9. The van der Waals surface area contributed by atoms with Gasteiger partial charge >= 0.3 is 0 Å². The number of halogens is 1. The van der Waals surface area contributed by atoms with E-state index in [0.717, 1.165) is 27.5 Å². The zero-order chi connectivity index (χ0) is 26.2. The number of aryl methyl sites for hydroxylation is 1. The molecule has 1 N–H and O–H groups in total. The minimum absolute atomic E-state index is 0.0429. The number of rotatable bonds is 10. The summed E-state index contributed by atoms with van der Waals surface area (Å²) in [6.45, 7) is 4.12. The zero-order valence-corrected chi connectivity index (χ0v) is 22.1. The number of hydrogen-bond acceptors (Lipinski definition) is 2. The van der Waals surface area contributed by atoms with Crippen LogP contribution in [0.2, 0.25) is 5.02 Å². The van der Waals surface area contributed by atoms with E-state index in [4.69, 9.17) is 11.6 Å². The molecule has 0 spiro atoms. The van der Waals surface area contributed by atoms with Crippen LogP contribution in [0.1, 0.15) is 37.0 Å². The molecule has 0 unspecified atom stereocenters. The molecule has 37 heavy (non-hydrogen) atoms. The predicted octanol–water partition coefficient (Wildman–Crippen LogP) is 6.59. The van der Waals surface area contributed by atoms with Gasteiger partial charge in [0.05, 0.1) is 0 Å². The minimum Gasteiger partial charge on any atom is -0.352 e. The maximum Gasteiger partial charge on any atom is 0.243 e. The van der Waals surface area contributed by atoms with Crippen LogP contribution in [-0.2, 0) is 29.0 Å². The number of nitrogens with zero attached hydrogens (tertiary/aromatic N) is 1. The van der Waals surface area contributed by atoms with Crippen molar-refractivity contribution in [1.29, 1.82) is 0 Å². The van der Waals surface area contributed by atoms with Crippen molar-refractivity contribution in [2.45, 2.75) is 51.7 Å². The Balaban J connectivity index is 1.65. The molecule has 1 atom stereocenters. The molecule has 0 saturated carbocycles. The van der Waals surface area contributed by atoms with Crippen LogP contribution in [0.15, 0.2) is 97.1 Å². The molecule has 5 heteroatoms. The van der Waals surface area contributed by atoms with Gasteiger partial charge in [-0.3, -0.25) is 9.59 Å². The normalized spacial score (nSPS) is 11.9. The van der Waals surface area contributed by atoms with E-state index in [1.807, 2.05) is 86.6 Å². The lowest BCUT2D eigenvalue weighted by atomic mass is 9.99. The first-order valence-corrected chi connectivity index (χ1v) is 13.1. The highest BCUT2D eigenvalue weighted by Gasteiger charge is 2.31. The fourth-order valence-electron chi connectivity index (χ4n) is 4.64. The molecule has 0 radical (unpaired) electrons. The van der Waals surface area contributed by atoms with E-state index < -0.39 is 6.04 Å². The third kappa shape index (κ3) is 6.99. The summed E-state index contributed by atoms with van der Waals surface area (Å²) in [5.74, 6) is -0.239. The van der Waals surface area contributed by atoms with Crippen molar-refractivity contribution in [1.82, 2.24) is 10.2 Å². The smallest absolute Gasteiger partial charge is 0.243 e. The Bertz CT molecular complexity index is 1350. The summed E-state index contributed by atoms with van der Waals surface area (Å²) in [7, 11) is 0. The molecule has 0 aromatic heterocycles. The largest absolute Gasteiger partial charge is 0.352 e. The number of nitrogens with one attached hydrogen (secondary N) is 1.